The first-order valence-electron chi connectivity index (χ1n) is 12.8. The van der Waals surface area contributed by atoms with E-state index in [1.165, 1.54) is 44.5 Å². The SMILES string of the molecule is Nc1ncnc2c1C(c1ccc3ccc(-c4ccccc4)nc3c1)CN2C1CC(CN2CCC2)C1. The van der Waals surface area contributed by atoms with Crippen molar-refractivity contribution in [2.24, 2.45) is 5.92 Å². The standard InChI is InChI=1S/C29H30N6/c30-28-27-24(17-35(29(27)32-18-31-28)23-13-19(14-23)16-34-11-4-12-34)22-8-7-21-9-10-25(33-26(21)15-22)20-5-2-1-3-6-20/h1-3,5-10,15,18-19,23-24H,4,11-14,16-17H2,(H2,30,31,32). The molecule has 3 aliphatic rings. The minimum absolute atomic E-state index is 0.159. The maximum absolute atomic E-state index is 6.45. The Bertz CT molecular complexity index is 1380. The molecule has 0 spiro atoms. The van der Waals surface area contributed by atoms with Crippen LogP contribution in [0.25, 0.3) is 22.2 Å². The lowest BCUT2D eigenvalue weighted by atomic mass is 9.78. The molecule has 35 heavy (non-hydrogen) atoms. The number of rotatable bonds is 5. The number of aromatic nitrogens is 3. The first-order chi connectivity index (χ1) is 17.2. The normalized spacial score (nSPS) is 23.7. The van der Waals surface area contributed by atoms with Gasteiger partial charge in [0.1, 0.15) is 18.0 Å². The third kappa shape index (κ3) is 3.64. The molecule has 176 valence electrons. The highest BCUT2D eigenvalue weighted by atomic mass is 15.3. The van der Waals surface area contributed by atoms with Gasteiger partial charge in [0.15, 0.2) is 0 Å². The third-order valence-corrected chi connectivity index (χ3v) is 8.20. The zero-order valence-electron chi connectivity index (χ0n) is 19.8. The summed E-state index contributed by atoms with van der Waals surface area (Å²) in [6, 6.07) is 21.8. The molecule has 6 heteroatoms. The van der Waals surface area contributed by atoms with Crippen LogP contribution in [0.2, 0.25) is 0 Å². The number of hydrogen-bond donors (Lipinski definition) is 1. The molecule has 0 amide bonds. The maximum atomic E-state index is 6.45. The van der Waals surface area contributed by atoms with E-state index in [-0.39, 0.29) is 5.92 Å². The Morgan fingerprint density at radius 1 is 0.943 bits per heavy atom. The Balaban J connectivity index is 1.19. The topological polar surface area (TPSA) is 71.2 Å². The van der Waals surface area contributed by atoms with Crippen molar-refractivity contribution in [3.05, 3.63) is 78.1 Å². The number of nitrogens with zero attached hydrogens (tertiary/aromatic N) is 5. The Hall–Kier alpha value is -3.51. The van der Waals surface area contributed by atoms with E-state index >= 15 is 0 Å². The molecule has 1 unspecified atom stereocenters. The van der Waals surface area contributed by atoms with Gasteiger partial charge in [0, 0.05) is 41.6 Å². The molecule has 4 aromatic rings. The second-order valence-electron chi connectivity index (χ2n) is 10.4. The van der Waals surface area contributed by atoms with E-state index in [1.807, 2.05) is 6.07 Å². The summed E-state index contributed by atoms with van der Waals surface area (Å²) >= 11 is 0. The van der Waals surface area contributed by atoms with Gasteiger partial charge in [-0.25, -0.2) is 15.0 Å². The van der Waals surface area contributed by atoms with Crippen molar-refractivity contribution in [3.8, 4) is 11.3 Å². The molecule has 0 radical (unpaired) electrons. The van der Waals surface area contributed by atoms with E-state index in [0.29, 0.717) is 11.9 Å². The van der Waals surface area contributed by atoms with E-state index in [2.05, 4.69) is 69.4 Å². The highest BCUT2D eigenvalue weighted by molar-refractivity contribution is 5.83. The fourth-order valence-corrected chi connectivity index (χ4v) is 6.09. The van der Waals surface area contributed by atoms with Gasteiger partial charge in [-0.15, -0.1) is 0 Å². The monoisotopic (exact) mass is 462 g/mol. The van der Waals surface area contributed by atoms with Crippen molar-refractivity contribution >= 4 is 22.5 Å². The van der Waals surface area contributed by atoms with Crippen molar-refractivity contribution < 1.29 is 0 Å². The average Bonchev–Trinajstić information content (AvgIpc) is 3.22. The zero-order chi connectivity index (χ0) is 23.4. The fraction of sp³-hybridized carbons (Fsp3) is 0.345. The highest BCUT2D eigenvalue weighted by Crippen LogP contribution is 2.46. The summed E-state index contributed by atoms with van der Waals surface area (Å²) in [7, 11) is 0. The average molecular weight is 463 g/mol. The van der Waals surface area contributed by atoms with Crippen LogP contribution in [0.5, 0.6) is 0 Å². The Morgan fingerprint density at radius 2 is 1.77 bits per heavy atom. The van der Waals surface area contributed by atoms with Gasteiger partial charge >= 0.3 is 0 Å². The van der Waals surface area contributed by atoms with E-state index in [1.54, 1.807) is 6.33 Å². The molecule has 1 saturated heterocycles. The van der Waals surface area contributed by atoms with Gasteiger partial charge in [0.05, 0.1) is 11.2 Å². The van der Waals surface area contributed by atoms with Gasteiger partial charge in [-0.05, 0) is 56.0 Å². The van der Waals surface area contributed by atoms with E-state index in [9.17, 15) is 0 Å². The lowest BCUT2D eigenvalue weighted by Crippen LogP contribution is -2.50. The molecule has 2 N–H and O–H groups in total. The van der Waals surface area contributed by atoms with Crippen LogP contribution >= 0.6 is 0 Å². The lowest BCUT2D eigenvalue weighted by molar-refractivity contribution is 0.108. The fourth-order valence-electron chi connectivity index (χ4n) is 6.09. The summed E-state index contributed by atoms with van der Waals surface area (Å²) in [5.74, 6) is 2.60. The highest BCUT2D eigenvalue weighted by Gasteiger charge is 2.42. The van der Waals surface area contributed by atoms with Crippen LogP contribution in [0.3, 0.4) is 0 Å². The molecule has 2 aromatic carbocycles. The summed E-state index contributed by atoms with van der Waals surface area (Å²) in [6.45, 7) is 4.72. The molecule has 6 nitrogen and oxygen atoms in total. The summed E-state index contributed by atoms with van der Waals surface area (Å²) in [5, 5.41) is 1.15. The minimum Gasteiger partial charge on any atom is -0.383 e. The van der Waals surface area contributed by atoms with Gasteiger partial charge in [0.25, 0.3) is 0 Å². The lowest BCUT2D eigenvalue weighted by Gasteiger charge is -2.45. The molecule has 7 rings (SSSR count). The van der Waals surface area contributed by atoms with Gasteiger partial charge in [-0.2, -0.15) is 0 Å². The minimum atomic E-state index is 0.159. The number of hydrogen-bond acceptors (Lipinski definition) is 6. The van der Waals surface area contributed by atoms with Crippen LogP contribution in [-0.2, 0) is 0 Å². The van der Waals surface area contributed by atoms with Crippen LogP contribution < -0.4 is 10.6 Å². The van der Waals surface area contributed by atoms with Gasteiger partial charge in [-0.1, -0.05) is 48.5 Å². The number of nitrogens with two attached hydrogens (primary N) is 1. The smallest absolute Gasteiger partial charge is 0.138 e. The van der Waals surface area contributed by atoms with Crippen LogP contribution in [0.4, 0.5) is 11.6 Å². The van der Waals surface area contributed by atoms with Crippen LogP contribution in [0.1, 0.15) is 36.3 Å². The van der Waals surface area contributed by atoms with E-state index in [0.717, 1.165) is 46.0 Å². The summed E-state index contributed by atoms with van der Waals surface area (Å²) in [6.07, 6.45) is 5.47. The van der Waals surface area contributed by atoms with Crippen molar-refractivity contribution in [3.63, 3.8) is 0 Å². The number of pyridine rings is 1. The summed E-state index contributed by atoms with van der Waals surface area (Å²) < 4.78 is 0. The molecular formula is C29H30N6. The predicted molar refractivity (Wildman–Crippen MR) is 140 cm³/mol. The molecule has 1 aliphatic carbocycles. The first kappa shape index (κ1) is 20.8. The Labute approximate surface area is 205 Å². The van der Waals surface area contributed by atoms with Gasteiger partial charge in [-0.3, -0.25) is 0 Å². The molecule has 1 saturated carbocycles. The predicted octanol–water partition coefficient (Wildman–Crippen LogP) is 4.71. The van der Waals surface area contributed by atoms with Crippen molar-refractivity contribution in [1.82, 2.24) is 19.9 Å². The number of nitrogen functional groups attached to an aromatic ring is 1. The first-order valence-corrected chi connectivity index (χ1v) is 12.8. The molecule has 4 heterocycles. The van der Waals surface area contributed by atoms with Crippen molar-refractivity contribution in [1.29, 1.82) is 0 Å². The second-order valence-corrected chi connectivity index (χ2v) is 10.4. The molecule has 1 atom stereocenters. The van der Waals surface area contributed by atoms with Crippen molar-refractivity contribution in [2.45, 2.75) is 31.2 Å². The summed E-state index contributed by atoms with van der Waals surface area (Å²) in [5.41, 5.74) is 11.9. The molecular weight excluding hydrogens is 432 g/mol. The van der Waals surface area contributed by atoms with E-state index < -0.39 is 0 Å². The van der Waals surface area contributed by atoms with Crippen LogP contribution in [0, 0.1) is 5.92 Å². The van der Waals surface area contributed by atoms with Gasteiger partial charge in [0.2, 0.25) is 0 Å². The van der Waals surface area contributed by atoms with E-state index in [4.69, 9.17) is 15.7 Å². The number of anilines is 2. The van der Waals surface area contributed by atoms with Crippen LogP contribution in [-0.4, -0.2) is 52.1 Å². The second kappa shape index (κ2) is 8.31. The largest absolute Gasteiger partial charge is 0.383 e. The van der Waals surface area contributed by atoms with Crippen molar-refractivity contribution in [2.75, 3.05) is 36.8 Å². The summed E-state index contributed by atoms with van der Waals surface area (Å²) in [4.78, 5) is 19.2. The molecule has 0 bridgehead atoms. The zero-order valence-corrected chi connectivity index (χ0v) is 19.8. The Morgan fingerprint density at radius 3 is 2.57 bits per heavy atom. The maximum Gasteiger partial charge on any atom is 0.138 e. The Kier molecular flexibility index (Phi) is 4.94. The molecule has 2 fully saturated rings. The molecule has 2 aromatic heterocycles. The third-order valence-electron chi connectivity index (χ3n) is 8.20. The molecule has 2 aliphatic heterocycles. The van der Waals surface area contributed by atoms with Gasteiger partial charge < -0.3 is 15.5 Å². The van der Waals surface area contributed by atoms with Crippen LogP contribution in [0.15, 0.2) is 67.0 Å². The number of benzene rings is 2. The number of fused-ring (bicyclic) bond motifs is 2. The number of likely N-dealkylation sites (tertiary alicyclic amines) is 1. The quantitative estimate of drug-likeness (QED) is 0.463.